The molecule has 0 spiro atoms. The van der Waals surface area contributed by atoms with Crippen LogP contribution in [0.5, 0.6) is 0 Å². The molecule has 4 aromatic rings. The Bertz CT molecular complexity index is 986. The number of nitrogens with zero attached hydrogens (tertiary/aromatic N) is 1. The first kappa shape index (κ1) is 17.0. The van der Waals surface area contributed by atoms with E-state index in [1.165, 1.54) is 11.1 Å². The number of aromatic amines is 1. The minimum atomic E-state index is 0.0192. The van der Waals surface area contributed by atoms with Crippen LogP contribution in [-0.4, -0.2) is 22.4 Å². The summed E-state index contributed by atoms with van der Waals surface area (Å²) in [6, 6.07) is 26.5. The van der Waals surface area contributed by atoms with Crippen molar-refractivity contribution in [2.45, 2.75) is 12.3 Å². The SMILES string of the molecule is O=C(Cc1ccc2nc[nH]c2c1)NCC(c1ccccc1)c1ccccc1. The second-order valence-electron chi connectivity index (χ2n) is 6.61. The number of carbonyl (C=O) groups is 1. The van der Waals surface area contributed by atoms with Crippen LogP contribution in [0.2, 0.25) is 0 Å². The van der Waals surface area contributed by atoms with Gasteiger partial charge in [0.25, 0.3) is 0 Å². The predicted octanol–water partition coefficient (Wildman–Crippen LogP) is 4.05. The van der Waals surface area contributed by atoms with Crippen molar-refractivity contribution in [3.05, 3.63) is 102 Å². The van der Waals surface area contributed by atoms with Crippen LogP contribution >= 0.6 is 0 Å². The lowest BCUT2D eigenvalue weighted by Crippen LogP contribution is -2.30. The zero-order chi connectivity index (χ0) is 18.5. The fourth-order valence-electron chi connectivity index (χ4n) is 3.36. The molecule has 0 aliphatic rings. The maximum Gasteiger partial charge on any atom is 0.224 e. The molecule has 0 aliphatic carbocycles. The monoisotopic (exact) mass is 355 g/mol. The molecular formula is C23H21N3O. The van der Waals surface area contributed by atoms with Crippen LogP contribution in [0.3, 0.4) is 0 Å². The lowest BCUT2D eigenvalue weighted by Gasteiger charge is -2.19. The van der Waals surface area contributed by atoms with Crippen molar-refractivity contribution in [2.75, 3.05) is 6.54 Å². The summed E-state index contributed by atoms with van der Waals surface area (Å²) in [5, 5.41) is 3.11. The Morgan fingerprint density at radius 1 is 0.926 bits per heavy atom. The molecule has 0 radical (unpaired) electrons. The Hall–Kier alpha value is -3.40. The number of rotatable bonds is 6. The average Bonchev–Trinajstić information content (AvgIpc) is 3.18. The van der Waals surface area contributed by atoms with E-state index in [9.17, 15) is 4.79 Å². The van der Waals surface area contributed by atoms with Crippen molar-refractivity contribution in [1.29, 1.82) is 0 Å². The summed E-state index contributed by atoms with van der Waals surface area (Å²) in [6.45, 7) is 0.569. The molecule has 1 aromatic heterocycles. The number of aromatic nitrogens is 2. The number of nitrogens with one attached hydrogen (secondary N) is 2. The highest BCUT2D eigenvalue weighted by molar-refractivity contribution is 5.81. The Balaban J connectivity index is 1.46. The van der Waals surface area contributed by atoms with E-state index in [0.29, 0.717) is 13.0 Å². The van der Waals surface area contributed by atoms with Crippen LogP contribution < -0.4 is 5.32 Å². The lowest BCUT2D eigenvalue weighted by molar-refractivity contribution is -0.120. The third-order valence-electron chi connectivity index (χ3n) is 4.76. The molecule has 0 unspecified atom stereocenters. The van der Waals surface area contributed by atoms with Crippen LogP contribution in [0, 0.1) is 0 Å². The van der Waals surface area contributed by atoms with E-state index in [1.54, 1.807) is 6.33 Å². The van der Waals surface area contributed by atoms with Crippen LogP contribution in [0.15, 0.2) is 85.2 Å². The maximum atomic E-state index is 12.5. The molecule has 27 heavy (non-hydrogen) atoms. The molecule has 0 fully saturated rings. The molecule has 0 saturated carbocycles. The van der Waals surface area contributed by atoms with Gasteiger partial charge in [0.05, 0.1) is 23.8 Å². The van der Waals surface area contributed by atoms with Gasteiger partial charge in [-0.3, -0.25) is 4.79 Å². The van der Waals surface area contributed by atoms with Crippen LogP contribution in [0.1, 0.15) is 22.6 Å². The second kappa shape index (κ2) is 7.87. The maximum absolute atomic E-state index is 12.5. The molecule has 3 aromatic carbocycles. The van der Waals surface area contributed by atoms with Crippen LogP contribution in [0.25, 0.3) is 11.0 Å². The summed E-state index contributed by atoms with van der Waals surface area (Å²) in [5.41, 5.74) is 5.23. The lowest BCUT2D eigenvalue weighted by atomic mass is 9.91. The summed E-state index contributed by atoms with van der Waals surface area (Å²) in [4.78, 5) is 19.8. The van der Waals surface area contributed by atoms with Crippen LogP contribution in [0.4, 0.5) is 0 Å². The van der Waals surface area contributed by atoms with Gasteiger partial charge in [-0.2, -0.15) is 0 Å². The van der Waals surface area contributed by atoms with Gasteiger partial charge in [-0.25, -0.2) is 4.98 Å². The number of benzene rings is 3. The van der Waals surface area contributed by atoms with E-state index in [2.05, 4.69) is 39.6 Å². The van der Waals surface area contributed by atoms with Crippen molar-refractivity contribution < 1.29 is 4.79 Å². The quantitative estimate of drug-likeness (QED) is 0.548. The molecule has 4 rings (SSSR count). The molecule has 1 heterocycles. The number of amides is 1. The van der Waals surface area contributed by atoms with Gasteiger partial charge >= 0.3 is 0 Å². The summed E-state index contributed by atoms with van der Waals surface area (Å²) in [6.07, 6.45) is 2.02. The van der Waals surface area contributed by atoms with Crippen molar-refractivity contribution in [2.24, 2.45) is 0 Å². The van der Waals surface area contributed by atoms with Gasteiger partial charge in [-0.1, -0.05) is 66.7 Å². The highest BCUT2D eigenvalue weighted by Crippen LogP contribution is 2.23. The number of fused-ring (bicyclic) bond motifs is 1. The molecule has 4 heteroatoms. The minimum Gasteiger partial charge on any atom is -0.355 e. The number of H-pyrrole nitrogens is 1. The van der Waals surface area contributed by atoms with Crippen molar-refractivity contribution in [3.8, 4) is 0 Å². The first-order valence-electron chi connectivity index (χ1n) is 9.08. The highest BCUT2D eigenvalue weighted by atomic mass is 16.1. The molecule has 0 atom stereocenters. The zero-order valence-electron chi connectivity index (χ0n) is 14.9. The number of carbonyl (C=O) groups excluding carboxylic acids is 1. The first-order chi connectivity index (χ1) is 13.3. The molecular weight excluding hydrogens is 334 g/mol. The smallest absolute Gasteiger partial charge is 0.224 e. The van der Waals surface area contributed by atoms with Gasteiger partial charge in [-0.05, 0) is 28.8 Å². The van der Waals surface area contributed by atoms with E-state index in [-0.39, 0.29) is 11.8 Å². The summed E-state index contributed by atoms with van der Waals surface area (Å²) < 4.78 is 0. The first-order valence-corrected chi connectivity index (χ1v) is 9.08. The zero-order valence-corrected chi connectivity index (χ0v) is 14.9. The molecule has 0 aliphatic heterocycles. The van der Waals surface area contributed by atoms with Gasteiger partial charge in [0, 0.05) is 12.5 Å². The van der Waals surface area contributed by atoms with Crippen molar-refractivity contribution >= 4 is 16.9 Å². The van der Waals surface area contributed by atoms with E-state index in [0.717, 1.165) is 16.6 Å². The van der Waals surface area contributed by atoms with E-state index < -0.39 is 0 Å². The molecule has 2 N–H and O–H groups in total. The Kier molecular flexibility index (Phi) is 4.97. The number of imidazole rings is 1. The van der Waals surface area contributed by atoms with Gasteiger partial charge in [0.1, 0.15) is 0 Å². The molecule has 0 saturated heterocycles. The predicted molar refractivity (Wildman–Crippen MR) is 108 cm³/mol. The second-order valence-corrected chi connectivity index (χ2v) is 6.61. The Labute approximate surface area is 158 Å². The Morgan fingerprint density at radius 3 is 2.26 bits per heavy atom. The normalized spacial score (nSPS) is 11.0. The summed E-state index contributed by atoms with van der Waals surface area (Å²) in [7, 11) is 0. The molecule has 4 nitrogen and oxygen atoms in total. The summed E-state index contributed by atoms with van der Waals surface area (Å²) >= 11 is 0. The third kappa shape index (κ3) is 4.06. The van der Waals surface area contributed by atoms with Gasteiger partial charge < -0.3 is 10.3 Å². The highest BCUT2D eigenvalue weighted by Gasteiger charge is 2.15. The van der Waals surface area contributed by atoms with Crippen molar-refractivity contribution in [3.63, 3.8) is 0 Å². The van der Waals surface area contributed by atoms with E-state index >= 15 is 0 Å². The average molecular weight is 355 g/mol. The van der Waals surface area contributed by atoms with Gasteiger partial charge in [-0.15, -0.1) is 0 Å². The largest absolute Gasteiger partial charge is 0.355 e. The number of hydrogen-bond donors (Lipinski definition) is 2. The fourth-order valence-corrected chi connectivity index (χ4v) is 3.36. The fraction of sp³-hybridized carbons (Fsp3) is 0.130. The van der Waals surface area contributed by atoms with E-state index in [4.69, 9.17) is 0 Å². The van der Waals surface area contributed by atoms with Crippen LogP contribution in [-0.2, 0) is 11.2 Å². The third-order valence-corrected chi connectivity index (χ3v) is 4.76. The molecule has 0 bridgehead atoms. The molecule has 1 amide bonds. The van der Waals surface area contributed by atoms with Crippen molar-refractivity contribution in [1.82, 2.24) is 15.3 Å². The number of hydrogen-bond acceptors (Lipinski definition) is 2. The summed E-state index contributed by atoms with van der Waals surface area (Å²) in [5.74, 6) is 0.150. The van der Waals surface area contributed by atoms with Gasteiger partial charge in [0.2, 0.25) is 5.91 Å². The molecule has 134 valence electrons. The van der Waals surface area contributed by atoms with E-state index in [1.807, 2.05) is 54.6 Å². The topological polar surface area (TPSA) is 57.8 Å². The Morgan fingerprint density at radius 2 is 1.59 bits per heavy atom. The standard InChI is InChI=1S/C23H21N3O/c27-23(14-17-11-12-21-22(13-17)26-16-25-21)24-15-20(18-7-3-1-4-8-18)19-9-5-2-6-10-19/h1-13,16,20H,14-15H2,(H,24,27)(H,25,26). The van der Waals surface area contributed by atoms with Gasteiger partial charge in [0.15, 0.2) is 0 Å². The minimum absolute atomic E-state index is 0.0192.